The molecule has 5 heteroatoms. The van der Waals surface area contributed by atoms with Crippen molar-refractivity contribution in [2.45, 2.75) is 51.3 Å². The molecule has 5 nitrogen and oxygen atoms in total. The van der Waals surface area contributed by atoms with Gasteiger partial charge in [0.2, 0.25) is 0 Å². The Morgan fingerprint density at radius 3 is 2.35 bits per heavy atom. The van der Waals surface area contributed by atoms with E-state index >= 15 is 0 Å². The first-order chi connectivity index (χ1) is 7.76. The van der Waals surface area contributed by atoms with E-state index in [-0.39, 0.29) is 12.0 Å². The van der Waals surface area contributed by atoms with Gasteiger partial charge in [-0.1, -0.05) is 12.2 Å². The molecule has 0 aliphatic heterocycles. The molecule has 0 amide bonds. The van der Waals surface area contributed by atoms with E-state index < -0.39 is 11.6 Å². The molecule has 0 aliphatic rings. The molecule has 0 aliphatic carbocycles. The van der Waals surface area contributed by atoms with Gasteiger partial charge in [0.25, 0.3) is 0 Å². The van der Waals surface area contributed by atoms with Gasteiger partial charge in [-0.15, -0.1) is 0 Å². The minimum Gasteiger partial charge on any atom is -0.459 e. The smallest absolute Gasteiger partial charge is 0.323 e. The van der Waals surface area contributed by atoms with Crippen LogP contribution in [0.3, 0.4) is 0 Å². The molecule has 0 heterocycles. The molecule has 0 spiro atoms. The molecule has 0 saturated carbocycles. The summed E-state index contributed by atoms with van der Waals surface area (Å²) in [6.45, 7) is 5.90. The molecule has 0 aromatic carbocycles. The number of ether oxygens (including phenoxy) is 1. The minimum atomic E-state index is -0.619. The van der Waals surface area contributed by atoms with E-state index in [1.807, 2.05) is 26.8 Å². The van der Waals surface area contributed by atoms with E-state index in [0.29, 0.717) is 19.4 Å². The van der Waals surface area contributed by atoms with E-state index in [0.717, 1.165) is 0 Å². The highest BCUT2D eigenvalue weighted by molar-refractivity contribution is 5.75. The number of rotatable bonds is 6. The van der Waals surface area contributed by atoms with Gasteiger partial charge in [-0.05, 0) is 33.6 Å². The largest absolute Gasteiger partial charge is 0.459 e. The molecule has 2 atom stereocenters. The van der Waals surface area contributed by atoms with Crippen LogP contribution in [0.2, 0.25) is 0 Å². The summed E-state index contributed by atoms with van der Waals surface area (Å²) < 4.78 is 5.17. The van der Waals surface area contributed by atoms with Crippen molar-refractivity contribution in [1.29, 1.82) is 0 Å². The van der Waals surface area contributed by atoms with Crippen LogP contribution in [0.1, 0.15) is 33.6 Å². The van der Waals surface area contributed by atoms with Gasteiger partial charge >= 0.3 is 5.97 Å². The monoisotopic (exact) mass is 243 g/mol. The summed E-state index contributed by atoms with van der Waals surface area (Å²) in [6.07, 6.45) is 4.76. The second-order valence-electron chi connectivity index (χ2n) is 5.05. The molecular weight excluding hydrogens is 218 g/mol. The van der Waals surface area contributed by atoms with E-state index in [1.165, 1.54) is 0 Å². The summed E-state index contributed by atoms with van der Waals surface area (Å²) in [4.78, 5) is 11.6. The number of hydrogen-bond acceptors (Lipinski definition) is 5. The van der Waals surface area contributed by atoms with Gasteiger partial charge in [0, 0.05) is 12.6 Å². The molecule has 0 aromatic heterocycles. The van der Waals surface area contributed by atoms with Crippen molar-refractivity contribution < 1.29 is 9.53 Å². The second kappa shape index (κ2) is 7.42. The molecule has 0 saturated heterocycles. The van der Waals surface area contributed by atoms with Gasteiger partial charge in [-0.3, -0.25) is 4.79 Å². The zero-order valence-corrected chi connectivity index (χ0v) is 11.0. The van der Waals surface area contributed by atoms with Crippen LogP contribution in [0, 0.1) is 0 Å². The lowest BCUT2D eigenvalue weighted by atomic mass is 10.1. The Kier molecular flexibility index (Phi) is 7.03. The molecule has 0 bridgehead atoms. The molecule has 0 radical (unpaired) electrons. The molecule has 6 N–H and O–H groups in total. The lowest BCUT2D eigenvalue weighted by molar-refractivity contribution is -0.156. The topological polar surface area (TPSA) is 104 Å². The third-order valence-electron chi connectivity index (χ3n) is 2.04. The van der Waals surface area contributed by atoms with Gasteiger partial charge in [-0.25, -0.2) is 0 Å². The summed E-state index contributed by atoms with van der Waals surface area (Å²) in [5.74, 6) is -0.382. The van der Waals surface area contributed by atoms with E-state index in [1.54, 1.807) is 6.08 Å². The summed E-state index contributed by atoms with van der Waals surface area (Å²) in [6, 6.07) is -0.737. The van der Waals surface area contributed by atoms with Crippen molar-refractivity contribution in [3.63, 3.8) is 0 Å². The van der Waals surface area contributed by atoms with Crippen molar-refractivity contribution in [1.82, 2.24) is 0 Å². The average Bonchev–Trinajstić information content (AvgIpc) is 2.20. The Bertz CT molecular complexity index is 259. The van der Waals surface area contributed by atoms with Crippen LogP contribution in [0.15, 0.2) is 12.2 Å². The molecular formula is C12H25N3O2. The molecule has 100 valence electrons. The maximum atomic E-state index is 11.6. The van der Waals surface area contributed by atoms with Crippen LogP contribution in [-0.4, -0.2) is 30.2 Å². The summed E-state index contributed by atoms with van der Waals surface area (Å²) in [5, 5.41) is 0. The predicted molar refractivity (Wildman–Crippen MR) is 69.2 cm³/mol. The third kappa shape index (κ3) is 8.85. The van der Waals surface area contributed by atoms with Crippen LogP contribution in [0.4, 0.5) is 0 Å². The van der Waals surface area contributed by atoms with Crippen LogP contribution in [0.25, 0.3) is 0 Å². The first kappa shape index (κ1) is 16.1. The third-order valence-corrected chi connectivity index (χ3v) is 2.04. The highest BCUT2D eigenvalue weighted by atomic mass is 16.6. The number of carbonyl (C=O) groups is 1. The summed E-state index contributed by atoms with van der Waals surface area (Å²) in [7, 11) is 0. The van der Waals surface area contributed by atoms with Crippen molar-refractivity contribution in [2.24, 2.45) is 17.2 Å². The van der Waals surface area contributed by atoms with E-state index in [2.05, 4.69) is 0 Å². The van der Waals surface area contributed by atoms with Crippen molar-refractivity contribution in [3.8, 4) is 0 Å². The van der Waals surface area contributed by atoms with E-state index in [9.17, 15) is 4.79 Å². The van der Waals surface area contributed by atoms with Gasteiger partial charge in [0.05, 0.1) is 0 Å². The lowest BCUT2D eigenvalue weighted by Gasteiger charge is -2.22. The van der Waals surface area contributed by atoms with Crippen molar-refractivity contribution >= 4 is 5.97 Å². The van der Waals surface area contributed by atoms with Crippen LogP contribution >= 0.6 is 0 Å². The average molecular weight is 243 g/mol. The lowest BCUT2D eigenvalue weighted by Crippen LogP contribution is -2.38. The Morgan fingerprint density at radius 2 is 1.88 bits per heavy atom. The molecule has 0 rings (SSSR count). The Hall–Kier alpha value is -0.910. The number of esters is 1. The van der Waals surface area contributed by atoms with Gasteiger partial charge in [0.15, 0.2) is 0 Å². The van der Waals surface area contributed by atoms with Crippen molar-refractivity contribution in [3.05, 3.63) is 12.2 Å². The number of carbonyl (C=O) groups excluding carboxylic acids is 1. The summed E-state index contributed by atoms with van der Waals surface area (Å²) >= 11 is 0. The van der Waals surface area contributed by atoms with Crippen LogP contribution < -0.4 is 17.2 Å². The Labute approximate surface area is 103 Å². The fraction of sp³-hybridized carbons (Fsp3) is 0.750. The second-order valence-corrected chi connectivity index (χ2v) is 5.05. The minimum absolute atomic E-state index is 0.118. The fourth-order valence-corrected chi connectivity index (χ4v) is 1.22. The zero-order valence-electron chi connectivity index (χ0n) is 11.0. The number of hydrogen-bond donors (Lipinski definition) is 3. The molecule has 0 aromatic rings. The molecule has 2 unspecified atom stereocenters. The van der Waals surface area contributed by atoms with Crippen LogP contribution in [-0.2, 0) is 9.53 Å². The Balaban J connectivity index is 3.97. The highest BCUT2D eigenvalue weighted by Gasteiger charge is 2.22. The fourth-order valence-electron chi connectivity index (χ4n) is 1.22. The zero-order chi connectivity index (χ0) is 13.5. The SMILES string of the molecule is CC(C)(C)OC(=O)C(N)CCC(N)/C=C/CN. The maximum Gasteiger partial charge on any atom is 0.323 e. The van der Waals surface area contributed by atoms with Gasteiger partial charge in [-0.2, -0.15) is 0 Å². The molecule has 0 fully saturated rings. The standard InChI is InChI=1S/C12H25N3O2/c1-12(2,3)17-11(16)10(15)7-6-9(14)5-4-8-13/h4-5,9-10H,6-8,13-15H2,1-3H3/b5-4+. The normalized spacial score (nSPS) is 15.9. The van der Waals surface area contributed by atoms with Crippen molar-refractivity contribution in [2.75, 3.05) is 6.54 Å². The first-order valence-electron chi connectivity index (χ1n) is 5.87. The first-order valence-corrected chi connectivity index (χ1v) is 5.87. The predicted octanol–water partition coefficient (Wildman–Crippen LogP) is 0.278. The highest BCUT2D eigenvalue weighted by Crippen LogP contribution is 2.10. The molecule has 17 heavy (non-hydrogen) atoms. The Morgan fingerprint density at radius 1 is 1.29 bits per heavy atom. The summed E-state index contributed by atoms with van der Waals surface area (Å²) in [5.41, 5.74) is 16.3. The van der Waals surface area contributed by atoms with Crippen LogP contribution in [0.5, 0.6) is 0 Å². The van der Waals surface area contributed by atoms with Gasteiger partial charge in [0.1, 0.15) is 11.6 Å². The quantitative estimate of drug-likeness (QED) is 0.459. The van der Waals surface area contributed by atoms with Gasteiger partial charge < -0.3 is 21.9 Å². The van der Waals surface area contributed by atoms with E-state index in [4.69, 9.17) is 21.9 Å². The number of nitrogens with two attached hydrogens (primary N) is 3. The maximum absolute atomic E-state index is 11.6.